The molecule has 208 valence electrons. The van der Waals surface area contributed by atoms with Gasteiger partial charge in [0, 0.05) is 5.56 Å². The van der Waals surface area contributed by atoms with Gasteiger partial charge >= 0.3 is 0 Å². The number of hydrogen-bond donors (Lipinski definition) is 0. The number of allylic oxidation sites excluding steroid dienone is 1. The van der Waals surface area contributed by atoms with Gasteiger partial charge in [0.2, 0.25) is 0 Å². The first-order valence-corrected chi connectivity index (χ1v) is 15.3. The van der Waals surface area contributed by atoms with E-state index in [1.807, 2.05) is 54.6 Å². The quantitative estimate of drug-likeness (QED) is 0.0885. The lowest BCUT2D eigenvalue weighted by Crippen LogP contribution is -1.97. The Hall–Kier alpha value is -3.13. The normalized spacial score (nSPS) is 11.2. The number of carbonyl (C=O) groups is 1. The predicted molar refractivity (Wildman–Crippen MR) is 168 cm³/mol. The molecule has 0 N–H and O–H groups in total. The van der Waals surface area contributed by atoms with E-state index < -0.39 is 0 Å². The van der Waals surface area contributed by atoms with Gasteiger partial charge in [-0.25, -0.2) is 0 Å². The highest BCUT2D eigenvalue weighted by Crippen LogP contribution is 2.22. The number of ketones is 1. The molecule has 0 saturated heterocycles. The van der Waals surface area contributed by atoms with E-state index in [0.29, 0.717) is 5.56 Å². The molecule has 0 fully saturated rings. The largest absolute Gasteiger partial charge is 0.494 e. The zero-order chi connectivity index (χ0) is 27.5. The molecule has 3 rings (SSSR count). The van der Waals surface area contributed by atoms with E-state index in [0.717, 1.165) is 36.3 Å². The summed E-state index contributed by atoms with van der Waals surface area (Å²) in [6.07, 6.45) is 20.3. The van der Waals surface area contributed by atoms with Crippen LogP contribution in [0.4, 0.5) is 0 Å². The number of aryl methyl sites for hydroxylation is 1. The minimum Gasteiger partial charge on any atom is -0.494 e. The second-order valence-electron chi connectivity index (χ2n) is 10.7. The van der Waals surface area contributed by atoms with Gasteiger partial charge in [-0.1, -0.05) is 145 Å². The predicted octanol–water partition coefficient (Wildman–Crippen LogP) is 10.9. The van der Waals surface area contributed by atoms with Gasteiger partial charge in [-0.3, -0.25) is 4.79 Å². The van der Waals surface area contributed by atoms with Crippen molar-refractivity contribution in [1.29, 1.82) is 0 Å². The van der Waals surface area contributed by atoms with Gasteiger partial charge in [-0.2, -0.15) is 0 Å². The fraction of sp³-hybridized carbons (Fsp3) is 0.432. The van der Waals surface area contributed by atoms with E-state index in [2.05, 4.69) is 38.1 Å². The summed E-state index contributed by atoms with van der Waals surface area (Å²) < 4.78 is 5.90. The molecule has 0 aliphatic rings. The molecular formula is C37H48O2. The number of hydrogen-bond acceptors (Lipinski definition) is 2. The van der Waals surface area contributed by atoms with Crippen molar-refractivity contribution in [3.63, 3.8) is 0 Å². The first-order valence-electron chi connectivity index (χ1n) is 15.3. The van der Waals surface area contributed by atoms with Crippen LogP contribution in [0.2, 0.25) is 0 Å². The van der Waals surface area contributed by atoms with E-state index in [-0.39, 0.29) is 5.78 Å². The van der Waals surface area contributed by atoms with Crippen molar-refractivity contribution in [2.45, 2.75) is 97.3 Å². The van der Waals surface area contributed by atoms with E-state index in [9.17, 15) is 4.79 Å². The van der Waals surface area contributed by atoms with Crippen LogP contribution in [-0.2, 0) is 6.42 Å². The van der Waals surface area contributed by atoms with Crippen LogP contribution >= 0.6 is 0 Å². The molecule has 0 aromatic heterocycles. The maximum Gasteiger partial charge on any atom is 0.185 e. The molecule has 0 heterocycles. The van der Waals surface area contributed by atoms with Crippen molar-refractivity contribution >= 4 is 11.9 Å². The average molecular weight is 525 g/mol. The van der Waals surface area contributed by atoms with Crippen molar-refractivity contribution in [2.24, 2.45) is 0 Å². The monoisotopic (exact) mass is 524 g/mol. The van der Waals surface area contributed by atoms with Gasteiger partial charge < -0.3 is 4.74 Å². The molecule has 0 unspecified atom stereocenters. The summed E-state index contributed by atoms with van der Waals surface area (Å²) in [7, 11) is 0. The van der Waals surface area contributed by atoms with Gasteiger partial charge in [0.05, 0.1) is 6.61 Å². The molecule has 2 nitrogen and oxygen atoms in total. The summed E-state index contributed by atoms with van der Waals surface area (Å²) in [6, 6.07) is 24.7. The molecule has 0 atom stereocenters. The van der Waals surface area contributed by atoms with E-state index in [4.69, 9.17) is 4.74 Å². The zero-order valence-electron chi connectivity index (χ0n) is 24.3. The topological polar surface area (TPSA) is 26.3 Å². The number of ether oxygens (including phenoxy) is 1. The number of rotatable bonds is 19. The minimum atomic E-state index is 0.0125. The highest BCUT2D eigenvalue weighted by molar-refractivity contribution is 6.07. The Morgan fingerprint density at radius 1 is 0.615 bits per heavy atom. The zero-order valence-corrected chi connectivity index (χ0v) is 24.3. The molecule has 2 heteroatoms. The highest BCUT2D eigenvalue weighted by atomic mass is 16.5. The third kappa shape index (κ3) is 11.6. The fourth-order valence-corrected chi connectivity index (χ4v) is 4.82. The average Bonchev–Trinajstić information content (AvgIpc) is 2.98. The van der Waals surface area contributed by atoms with Gasteiger partial charge in [-0.05, 0) is 59.7 Å². The molecule has 0 saturated carbocycles. The summed E-state index contributed by atoms with van der Waals surface area (Å²) in [5.41, 5.74) is 5.40. The molecule has 0 aliphatic carbocycles. The molecule has 39 heavy (non-hydrogen) atoms. The fourth-order valence-electron chi connectivity index (χ4n) is 4.82. The van der Waals surface area contributed by atoms with Crippen LogP contribution in [0, 0.1) is 0 Å². The minimum absolute atomic E-state index is 0.0125. The second-order valence-corrected chi connectivity index (χ2v) is 10.7. The summed E-state index contributed by atoms with van der Waals surface area (Å²) in [5, 5.41) is 0. The molecule has 3 aromatic rings. The Morgan fingerprint density at radius 3 is 1.77 bits per heavy atom. The third-order valence-corrected chi connectivity index (χ3v) is 7.35. The SMILES string of the molecule is CCCCCCCCCCCOc1ccc(/C=C/C(=O)c2ccc(-c3ccc(CCCCC)cc3)cc2)cc1. The summed E-state index contributed by atoms with van der Waals surface area (Å²) in [4.78, 5) is 12.7. The van der Waals surface area contributed by atoms with E-state index >= 15 is 0 Å². The molecule has 0 radical (unpaired) electrons. The first-order chi connectivity index (χ1) is 19.2. The summed E-state index contributed by atoms with van der Waals surface area (Å²) in [5.74, 6) is 0.904. The third-order valence-electron chi connectivity index (χ3n) is 7.35. The molecule has 0 amide bonds. The lowest BCUT2D eigenvalue weighted by molar-refractivity contribution is 0.104. The van der Waals surface area contributed by atoms with Crippen LogP contribution in [0.1, 0.15) is 112 Å². The van der Waals surface area contributed by atoms with Gasteiger partial charge in [0.1, 0.15) is 5.75 Å². The second kappa shape index (κ2) is 18.2. The van der Waals surface area contributed by atoms with Crippen LogP contribution < -0.4 is 4.74 Å². The maximum absolute atomic E-state index is 12.7. The Bertz CT molecular complexity index is 1090. The first kappa shape index (κ1) is 30.4. The van der Waals surface area contributed by atoms with Crippen molar-refractivity contribution in [1.82, 2.24) is 0 Å². The van der Waals surface area contributed by atoms with Crippen molar-refractivity contribution in [3.05, 3.63) is 95.6 Å². The Kier molecular flexibility index (Phi) is 14.2. The van der Waals surface area contributed by atoms with Crippen LogP contribution in [-0.4, -0.2) is 12.4 Å². The Balaban J connectivity index is 1.38. The van der Waals surface area contributed by atoms with Crippen molar-refractivity contribution in [2.75, 3.05) is 6.61 Å². The summed E-state index contributed by atoms with van der Waals surface area (Å²) >= 11 is 0. The maximum atomic E-state index is 12.7. The molecule has 0 spiro atoms. The van der Waals surface area contributed by atoms with Crippen molar-refractivity contribution in [3.8, 4) is 16.9 Å². The van der Waals surface area contributed by atoms with Gasteiger partial charge in [-0.15, -0.1) is 0 Å². The highest BCUT2D eigenvalue weighted by Gasteiger charge is 2.04. The van der Waals surface area contributed by atoms with Crippen LogP contribution in [0.15, 0.2) is 78.9 Å². The van der Waals surface area contributed by atoms with Gasteiger partial charge in [0.25, 0.3) is 0 Å². The standard InChI is InChI=1S/C37H48O2/c1-3-5-7-8-9-10-11-12-14-30-39-36-27-18-32(19-28-36)20-29-37(38)35-25-23-34(24-26-35)33-21-16-31(17-22-33)15-13-6-4-2/h16-29H,3-15,30H2,1-2H3/b29-20+. The summed E-state index contributed by atoms with van der Waals surface area (Å²) in [6.45, 7) is 5.27. The molecule has 0 aliphatic heterocycles. The lowest BCUT2D eigenvalue weighted by atomic mass is 9.99. The lowest BCUT2D eigenvalue weighted by Gasteiger charge is -2.07. The molecular weight excluding hydrogens is 476 g/mol. The smallest absolute Gasteiger partial charge is 0.185 e. The van der Waals surface area contributed by atoms with Crippen molar-refractivity contribution < 1.29 is 9.53 Å². The van der Waals surface area contributed by atoms with E-state index in [1.165, 1.54) is 81.8 Å². The molecule has 3 aromatic carbocycles. The Morgan fingerprint density at radius 2 is 1.15 bits per heavy atom. The number of benzene rings is 3. The molecule has 0 bridgehead atoms. The number of unbranched alkanes of at least 4 members (excludes halogenated alkanes) is 10. The van der Waals surface area contributed by atoms with Crippen LogP contribution in [0.5, 0.6) is 5.75 Å². The van der Waals surface area contributed by atoms with Crippen LogP contribution in [0.3, 0.4) is 0 Å². The Labute approximate surface area is 237 Å². The van der Waals surface area contributed by atoms with E-state index in [1.54, 1.807) is 6.08 Å². The number of carbonyl (C=O) groups excluding carboxylic acids is 1. The van der Waals surface area contributed by atoms with Gasteiger partial charge in [0.15, 0.2) is 5.78 Å². The van der Waals surface area contributed by atoms with Crippen LogP contribution in [0.25, 0.3) is 17.2 Å².